The van der Waals surface area contributed by atoms with Gasteiger partial charge in [-0.3, -0.25) is 9.78 Å². The van der Waals surface area contributed by atoms with Gasteiger partial charge in [0.05, 0.1) is 24.9 Å². The van der Waals surface area contributed by atoms with Gasteiger partial charge < -0.3 is 15.4 Å². The van der Waals surface area contributed by atoms with Crippen molar-refractivity contribution in [3.05, 3.63) is 29.8 Å². The van der Waals surface area contributed by atoms with Gasteiger partial charge in [0.1, 0.15) is 11.1 Å². The molecule has 0 bridgehead atoms. The number of pyridine rings is 1. The monoisotopic (exact) mass is 269 g/mol. The normalized spacial score (nSPS) is 19.6. The molecule has 1 atom stereocenters. The SMILES string of the molecule is NC(=S)C1CN(C(=O)c2ccncc2F)CCO1. The van der Waals surface area contributed by atoms with Gasteiger partial charge in [-0.15, -0.1) is 0 Å². The van der Waals surface area contributed by atoms with E-state index in [2.05, 4.69) is 4.98 Å². The Balaban J connectivity index is 2.14. The summed E-state index contributed by atoms with van der Waals surface area (Å²) in [5.41, 5.74) is 5.48. The summed E-state index contributed by atoms with van der Waals surface area (Å²) in [6.45, 7) is 0.968. The summed E-state index contributed by atoms with van der Waals surface area (Å²) >= 11 is 4.83. The molecule has 2 heterocycles. The summed E-state index contributed by atoms with van der Waals surface area (Å²) in [5, 5.41) is 0. The summed E-state index contributed by atoms with van der Waals surface area (Å²) in [7, 11) is 0. The number of carbonyl (C=O) groups excluding carboxylic acids is 1. The molecule has 0 radical (unpaired) electrons. The van der Waals surface area contributed by atoms with Crippen molar-refractivity contribution in [3.63, 3.8) is 0 Å². The van der Waals surface area contributed by atoms with Gasteiger partial charge >= 0.3 is 0 Å². The van der Waals surface area contributed by atoms with Gasteiger partial charge in [-0.05, 0) is 6.07 Å². The molecule has 1 amide bonds. The van der Waals surface area contributed by atoms with Crippen molar-refractivity contribution in [3.8, 4) is 0 Å². The lowest BCUT2D eigenvalue weighted by molar-refractivity contribution is 0.00855. The van der Waals surface area contributed by atoms with Crippen LogP contribution in [0, 0.1) is 5.82 Å². The number of ether oxygens (including phenoxy) is 1. The zero-order valence-electron chi connectivity index (χ0n) is 9.51. The summed E-state index contributed by atoms with van der Waals surface area (Å²) < 4.78 is 18.8. The minimum Gasteiger partial charge on any atom is -0.391 e. The van der Waals surface area contributed by atoms with Crippen LogP contribution in [-0.2, 0) is 4.74 Å². The first-order valence-electron chi connectivity index (χ1n) is 5.39. The molecule has 1 saturated heterocycles. The Morgan fingerprint density at radius 2 is 2.44 bits per heavy atom. The summed E-state index contributed by atoms with van der Waals surface area (Å²) in [6, 6.07) is 1.35. The van der Waals surface area contributed by atoms with E-state index in [0.29, 0.717) is 13.2 Å². The first-order valence-corrected chi connectivity index (χ1v) is 5.80. The van der Waals surface area contributed by atoms with Crippen LogP contribution in [0.5, 0.6) is 0 Å². The van der Waals surface area contributed by atoms with Gasteiger partial charge in [-0.25, -0.2) is 4.39 Å². The maximum absolute atomic E-state index is 13.5. The Labute approximate surface area is 109 Å². The fourth-order valence-corrected chi connectivity index (χ4v) is 1.87. The minimum atomic E-state index is -0.638. The van der Waals surface area contributed by atoms with Crippen LogP contribution in [0.4, 0.5) is 4.39 Å². The molecule has 1 aliphatic heterocycles. The van der Waals surface area contributed by atoms with Crippen molar-refractivity contribution < 1.29 is 13.9 Å². The predicted octanol–water partition coefficient (Wildman–Crippen LogP) is 0.348. The average Bonchev–Trinajstić information content (AvgIpc) is 2.38. The molecule has 18 heavy (non-hydrogen) atoms. The lowest BCUT2D eigenvalue weighted by atomic mass is 10.2. The van der Waals surface area contributed by atoms with Gasteiger partial charge in [0.2, 0.25) is 0 Å². The Morgan fingerprint density at radius 3 is 3.11 bits per heavy atom. The third kappa shape index (κ3) is 2.62. The van der Waals surface area contributed by atoms with Crippen LogP contribution in [0.15, 0.2) is 18.5 Å². The first kappa shape index (κ1) is 12.8. The average molecular weight is 269 g/mol. The fraction of sp³-hybridized carbons (Fsp3) is 0.364. The number of morpholine rings is 1. The zero-order valence-corrected chi connectivity index (χ0v) is 10.3. The van der Waals surface area contributed by atoms with Crippen LogP contribution in [0.3, 0.4) is 0 Å². The highest BCUT2D eigenvalue weighted by atomic mass is 32.1. The van der Waals surface area contributed by atoms with Crippen LogP contribution in [-0.4, -0.2) is 46.6 Å². The highest BCUT2D eigenvalue weighted by molar-refractivity contribution is 7.80. The standard InChI is InChI=1S/C11H12FN3O2S/c12-8-5-14-2-1-7(8)11(16)15-3-4-17-9(6-15)10(13)18/h1-2,5,9H,3-4,6H2,(H2,13,18). The molecule has 96 valence electrons. The molecule has 1 aliphatic rings. The van der Waals surface area contributed by atoms with E-state index in [1.807, 2.05) is 0 Å². The van der Waals surface area contributed by atoms with Crippen molar-refractivity contribution in [2.75, 3.05) is 19.7 Å². The first-order chi connectivity index (χ1) is 8.59. The molecule has 1 fully saturated rings. The number of nitrogens with two attached hydrogens (primary N) is 1. The van der Waals surface area contributed by atoms with Gasteiger partial charge in [-0.2, -0.15) is 0 Å². The van der Waals surface area contributed by atoms with E-state index >= 15 is 0 Å². The maximum Gasteiger partial charge on any atom is 0.257 e. The van der Waals surface area contributed by atoms with E-state index in [4.69, 9.17) is 22.7 Å². The molecule has 0 spiro atoms. The number of thiocarbonyl (C=S) groups is 1. The lowest BCUT2D eigenvalue weighted by Crippen LogP contribution is -2.50. The van der Waals surface area contributed by atoms with Gasteiger partial charge in [0, 0.05) is 12.7 Å². The Bertz CT molecular complexity index is 483. The number of hydrogen-bond acceptors (Lipinski definition) is 4. The van der Waals surface area contributed by atoms with Crippen molar-refractivity contribution >= 4 is 23.1 Å². The van der Waals surface area contributed by atoms with Crippen LogP contribution >= 0.6 is 12.2 Å². The smallest absolute Gasteiger partial charge is 0.257 e. The summed E-state index contributed by atoms with van der Waals surface area (Å²) in [4.78, 5) is 17.4. The van der Waals surface area contributed by atoms with Crippen molar-refractivity contribution in [2.24, 2.45) is 5.73 Å². The molecule has 7 heteroatoms. The topological polar surface area (TPSA) is 68.5 Å². The summed E-state index contributed by atoms with van der Waals surface area (Å²) in [5.74, 6) is -1.04. The van der Waals surface area contributed by atoms with E-state index in [0.717, 1.165) is 6.20 Å². The molecule has 5 nitrogen and oxygen atoms in total. The quantitative estimate of drug-likeness (QED) is 0.785. The van der Waals surface area contributed by atoms with Crippen LogP contribution in [0.2, 0.25) is 0 Å². The second kappa shape index (κ2) is 5.36. The lowest BCUT2D eigenvalue weighted by Gasteiger charge is -2.32. The van der Waals surface area contributed by atoms with Crippen molar-refractivity contribution in [1.82, 2.24) is 9.88 Å². The van der Waals surface area contributed by atoms with E-state index in [1.54, 1.807) is 0 Å². The predicted molar refractivity (Wildman–Crippen MR) is 66.6 cm³/mol. The second-order valence-electron chi connectivity index (χ2n) is 3.87. The highest BCUT2D eigenvalue weighted by Gasteiger charge is 2.27. The van der Waals surface area contributed by atoms with Crippen LogP contribution < -0.4 is 5.73 Å². The number of rotatable bonds is 2. The number of amides is 1. The minimum absolute atomic E-state index is 0.00594. The van der Waals surface area contributed by atoms with Crippen LogP contribution in [0.25, 0.3) is 0 Å². The van der Waals surface area contributed by atoms with Crippen molar-refractivity contribution in [2.45, 2.75) is 6.10 Å². The van der Waals surface area contributed by atoms with E-state index in [1.165, 1.54) is 17.2 Å². The molecule has 1 aromatic heterocycles. The summed E-state index contributed by atoms with van der Waals surface area (Å²) in [6.07, 6.45) is 1.92. The van der Waals surface area contributed by atoms with E-state index < -0.39 is 17.8 Å². The van der Waals surface area contributed by atoms with E-state index in [9.17, 15) is 9.18 Å². The third-order valence-corrected chi connectivity index (χ3v) is 2.94. The largest absolute Gasteiger partial charge is 0.391 e. The maximum atomic E-state index is 13.5. The number of halogens is 1. The highest BCUT2D eigenvalue weighted by Crippen LogP contribution is 2.13. The number of aromatic nitrogens is 1. The van der Waals surface area contributed by atoms with Gasteiger partial charge in [0.15, 0.2) is 5.82 Å². The molecule has 0 aliphatic carbocycles. The van der Waals surface area contributed by atoms with Crippen LogP contribution in [0.1, 0.15) is 10.4 Å². The molecule has 2 rings (SSSR count). The Morgan fingerprint density at radius 1 is 1.67 bits per heavy atom. The number of nitrogens with zero attached hydrogens (tertiary/aromatic N) is 2. The number of carbonyl (C=O) groups is 1. The van der Waals surface area contributed by atoms with E-state index in [-0.39, 0.29) is 17.1 Å². The molecule has 2 N–H and O–H groups in total. The molecule has 0 saturated carbocycles. The molecular formula is C11H12FN3O2S. The van der Waals surface area contributed by atoms with Gasteiger partial charge in [-0.1, -0.05) is 12.2 Å². The molecule has 1 aromatic rings. The second-order valence-corrected chi connectivity index (χ2v) is 4.34. The Kier molecular flexibility index (Phi) is 3.83. The number of hydrogen-bond donors (Lipinski definition) is 1. The molecular weight excluding hydrogens is 257 g/mol. The van der Waals surface area contributed by atoms with Gasteiger partial charge in [0.25, 0.3) is 5.91 Å². The van der Waals surface area contributed by atoms with Crippen molar-refractivity contribution in [1.29, 1.82) is 0 Å². The fourth-order valence-electron chi connectivity index (χ4n) is 1.72. The zero-order chi connectivity index (χ0) is 13.1. The molecule has 1 unspecified atom stereocenters. The molecule has 0 aromatic carbocycles. The Hall–Kier alpha value is -1.60. The third-order valence-electron chi connectivity index (χ3n) is 2.67.